The number of rotatable bonds is 7. The number of anilines is 2. The van der Waals surface area contributed by atoms with Crippen LogP contribution in [0.4, 0.5) is 24.8 Å². The van der Waals surface area contributed by atoms with Gasteiger partial charge in [-0.15, -0.1) is 0 Å². The first-order valence-corrected chi connectivity index (χ1v) is 13.9. The zero-order chi connectivity index (χ0) is 27.7. The molecule has 1 saturated carbocycles. The molecule has 1 aliphatic rings. The number of benzene rings is 2. The number of halogens is 3. The van der Waals surface area contributed by atoms with Gasteiger partial charge in [0, 0.05) is 29.9 Å². The largest absolute Gasteiger partial charge is 0.351 e. The van der Waals surface area contributed by atoms with E-state index in [1.54, 1.807) is 12.3 Å². The van der Waals surface area contributed by atoms with Crippen LogP contribution in [0.5, 0.6) is 0 Å². The van der Waals surface area contributed by atoms with Gasteiger partial charge in [0.15, 0.2) is 5.82 Å². The second-order valence-electron chi connectivity index (χ2n) is 9.81. The summed E-state index contributed by atoms with van der Waals surface area (Å²) < 4.78 is 71.0. The predicted molar refractivity (Wildman–Crippen MR) is 143 cm³/mol. The summed E-state index contributed by atoms with van der Waals surface area (Å²) in [6.07, 6.45) is 7.55. The second-order valence-corrected chi connectivity index (χ2v) is 11.5. The third-order valence-corrected chi connectivity index (χ3v) is 8.29. The van der Waals surface area contributed by atoms with Crippen molar-refractivity contribution in [3.05, 3.63) is 72.4 Å². The van der Waals surface area contributed by atoms with Crippen LogP contribution in [0.15, 0.2) is 59.9 Å². The molecule has 2 aromatic carbocycles. The Morgan fingerprint density at radius 2 is 1.72 bits per heavy atom. The summed E-state index contributed by atoms with van der Waals surface area (Å²) in [4.78, 5) is 14.2. The van der Waals surface area contributed by atoms with Gasteiger partial charge in [-0.3, -0.25) is 9.71 Å². The first kappa shape index (κ1) is 26.8. The van der Waals surface area contributed by atoms with Crippen LogP contribution in [0.2, 0.25) is 0 Å². The van der Waals surface area contributed by atoms with Gasteiger partial charge >= 0.3 is 0 Å². The van der Waals surface area contributed by atoms with Gasteiger partial charge in [-0.25, -0.2) is 31.6 Å². The van der Waals surface area contributed by atoms with Crippen LogP contribution < -0.4 is 10.0 Å². The minimum absolute atomic E-state index is 0.178. The first-order chi connectivity index (χ1) is 18.6. The van der Waals surface area contributed by atoms with Gasteiger partial charge in [-0.05, 0) is 75.7 Å². The van der Waals surface area contributed by atoms with E-state index in [2.05, 4.69) is 39.3 Å². The third-order valence-electron chi connectivity index (χ3n) is 6.95. The van der Waals surface area contributed by atoms with Crippen LogP contribution >= 0.6 is 0 Å². The number of pyridine rings is 1. The third kappa shape index (κ3) is 5.81. The molecule has 1 aliphatic carbocycles. The van der Waals surface area contributed by atoms with Gasteiger partial charge in [-0.2, -0.15) is 0 Å². The number of hydrogen-bond donors (Lipinski definition) is 2. The first-order valence-electron chi connectivity index (χ1n) is 12.4. The number of fused-ring (bicyclic) bond motifs is 1. The number of sulfonamides is 1. The lowest BCUT2D eigenvalue weighted by atomic mass is 9.91. The number of hydrogen-bond acceptors (Lipinski definition) is 7. The van der Waals surface area contributed by atoms with Gasteiger partial charge in [-0.1, -0.05) is 6.07 Å². The Morgan fingerprint density at radius 3 is 2.44 bits per heavy atom. The fourth-order valence-electron chi connectivity index (χ4n) is 4.82. The van der Waals surface area contributed by atoms with Gasteiger partial charge in [0.2, 0.25) is 5.95 Å². The zero-order valence-electron chi connectivity index (χ0n) is 21.3. The Balaban J connectivity index is 1.38. The standard InChI is InChI=1S/C27H27F3N6O2S/c1-36(2)20-6-4-19(5-7-20)33-27-32-13-17-11-16(3-9-23(17)34-27)25-22(29)8-10-24(26(25)30)35-39(37,38)21-12-18(28)14-31-15-21/h3,8-15,19-20,35H,4-7H2,1-2H3,(H,32,33,34)/t19-,20+. The van der Waals surface area contributed by atoms with Gasteiger partial charge in [0.05, 0.1) is 23.0 Å². The maximum Gasteiger partial charge on any atom is 0.263 e. The molecule has 1 fully saturated rings. The summed E-state index contributed by atoms with van der Waals surface area (Å²) in [6.45, 7) is 0. The van der Waals surface area contributed by atoms with Crippen molar-refractivity contribution in [2.75, 3.05) is 24.1 Å². The van der Waals surface area contributed by atoms with Crippen LogP contribution in [0.3, 0.4) is 0 Å². The van der Waals surface area contributed by atoms with E-state index in [1.807, 2.05) is 4.72 Å². The van der Waals surface area contributed by atoms with Crippen molar-refractivity contribution >= 4 is 32.6 Å². The maximum absolute atomic E-state index is 15.4. The quantitative estimate of drug-likeness (QED) is 0.323. The van der Waals surface area contributed by atoms with Crippen molar-refractivity contribution < 1.29 is 21.6 Å². The summed E-state index contributed by atoms with van der Waals surface area (Å²) in [5.74, 6) is -2.37. The van der Waals surface area contributed by atoms with Crippen LogP contribution in [0.1, 0.15) is 25.7 Å². The Labute approximate surface area is 224 Å². The summed E-state index contributed by atoms with van der Waals surface area (Å²) in [5, 5.41) is 3.95. The molecule has 39 heavy (non-hydrogen) atoms. The van der Waals surface area contributed by atoms with Crippen molar-refractivity contribution in [3.8, 4) is 11.1 Å². The lowest BCUT2D eigenvalue weighted by molar-refractivity contribution is 0.221. The zero-order valence-corrected chi connectivity index (χ0v) is 22.1. The molecule has 4 aromatic rings. The monoisotopic (exact) mass is 556 g/mol. The molecular formula is C27H27F3N6O2S. The normalized spacial score (nSPS) is 17.9. The molecule has 2 aromatic heterocycles. The molecule has 0 saturated heterocycles. The lowest BCUT2D eigenvalue weighted by Crippen LogP contribution is -2.36. The molecule has 2 heterocycles. The molecule has 2 N–H and O–H groups in total. The number of nitrogens with zero attached hydrogens (tertiary/aromatic N) is 4. The molecule has 12 heteroatoms. The van der Waals surface area contributed by atoms with Crippen LogP contribution in [0.25, 0.3) is 22.0 Å². The number of aromatic nitrogens is 3. The molecule has 0 unspecified atom stereocenters. The van der Waals surface area contributed by atoms with Gasteiger partial charge in [0.1, 0.15) is 16.5 Å². The topological polar surface area (TPSA) is 100 Å². The molecule has 0 spiro atoms. The van der Waals surface area contributed by atoms with E-state index < -0.39 is 43.6 Å². The second kappa shape index (κ2) is 10.8. The van der Waals surface area contributed by atoms with E-state index in [0.717, 1.165) is 56.3 Å². The summed E-state index contributed by atoms with van der Waals surface area (Å²) in [6, 6.07) is 8.21. The fraction of sp³-hybridized carbons (Fsp3) is 0.296. The van der Waals surface area contributed by atoms with Crippen LogP contribution in [0, 0.1) is 17.5 Å². The van der Waals surface area contributed by atoms with Crippen molar-refractivity contribution in [2.24, 2.45) is 0 Å². The van der Waals surface area contributed by atoms with E-state index in [-0.39, 0.29) is 11.6 Å². The van der Waals surface area contributed by atoms with E-state index >= 15 is 4.39 Å². The number of nitrogens with one attached hydrogen (secondary N) is 2. The van der Waals surface area contributed by atoms with Gasteiger partial charge in [0.25, 0.3) is 10.0 Å². The predicted octanol–water partition coefficient (Wildman–Crippen LogP) is 5.19. The molecular weight excluding hydrogens is 529 g/mol. The van der Waals surface area contributed by atoms with E-state index in [9.17, 15) is 17.2 Å². The molecule has 0 atom stereocenters. The van der Waals surface area contributed by atoms with Crippen LogP contribution in [-0.4, -0.2) is 54.4 Å². The summed E-state index contributed by atoms with van der Waals surface area (Å²) in [5.41, 5.74) is -0.142. The van der Waals surface area contributed by atoms with E-state index in [4.69, 9.17) is 0 Å². The molecule has 204 valence electrons. The molecule has 0 radical (unpaired) electrons. The van der Waals surface area contributed by atoms with E-state index in [1.165, 1.54) is 12.1 Å². The SMILES string of the molecule is CN(C)[C@H]1CC[C@@H](Nc2ncc3cc(-c4c(F)ccc(NS(=O)(=O)c5cncc(F)c5)c4F)ccc3n2)CC1. The fourth-order valence-corrected chi connectivity index (χ4v) is 5.85. The van der Waals surface area contributed by atoms with Crippen LogP contribution in [-0.2, 0) is 10.0 Å². The highest BCUT2D eigenvalue weighted by Crippen LogP contribution is 2.33. The Hall–Kier alpha value is -3.77. The molecule has 0 amide bonds. The van der Waals surface area contributed by atoms with Gasteiger partial charge < -0.3 is 10.2 Å². The maximum atomic E-state index is 15.4. The highest BCUT2D eigenvalue weighted by atomic mass is 32.2. The minimum atomic E-state index is -4.37. The molecule has 0 bridgehead atoms. The van der Waals surface area contributed by atoms with E-state index in [0.29, 0.717) is 22.9 Å². The summed E-state index contributed by atoms with van der Waals surface area (Å²) >= 11 is 0. The van der Waals surface area contributed by atoms with Crippen molar-refractivity contribution in [3.63, 3.8) is 0 Å². The minimum Gasteiger partial charge on any atom is -0.351 e. The average Bonchev–Trinajstić information content (AvgIpc) is 2.91. The molecule has 5 rings (SSSR count). The summed E-state index contributed by atoms with van der Waals surface area (Å²) in [7, 11) is -0.187. The Bertz CT molecular complexity index is 1630. The van der Waals surface area contributed by atoms with Crippen molar-refractivity contribution in [2.45, 2.75) is 42.7 Å². The van der Waals surface area contributed by atoms with Crippen molar-refractivity contribution in [1.29, 1.82) is 0 Å². The highest BCUT2D eigenvalue weighted by molar-refractivity contribution is 7.92. The Morgan fingerprint density at radius 1 is 0.949 bits per heavy atom. The average molecular weight is 557 g/mol. The highest BCUT2D eigenvalue weighted by Gasteiger charge is 2.24. The lowest BCUT2D eigenvalue weighted by Gasteiger charge is -2.32. The molecule has 0 aliphatic heterocycles. The molecule has 8 nitrogen and oxygen atoms in total. The van der Waals surface area contributed by atoms with Crippen molar-refractivity contribution in [1.82, 2.24) is 19.9 Å². The Kier molecular flexibility index (Phi) is 7.41. The smallest absolute Gasteiger partial charge is 0.263 e.